The van der Waals surface area contributed by atoms with Gasteiger partial charge in [-0.05, 0) is 76.5 Å². The molecule has 0 radical (unpaired) electrons. The van der Waals surface area contributed by atoms with Crippen LogP contribution in [-0.2, 0) is 13.1 Å². The fraction of sp³-hybridized carbons (Fsp3) is 0.591. The number of likely N-dealkylation sites (tertiary alicyclic amines) is 1. The highest BCUT2D eigenvalue weighted by molar-refractivity contribution is 5.85. The van der Waals surface area contributed by atoms with Gasteiger partial charge in [0, 0.05) is 31.5 Å². The predicted octanol–water partition coefficient (Wildman–Crippen LogP) is 1.58. The van der Waals surface area contributed by atoms with E-state index in [0.29, 0.717) is 31.5 Å². The fourth-order valence-corrected chi connectivity index (χ4v) is 3.69. The number of nitrogens with one attached hydrogen (secondary N) is 2. The molecule has 0 saturated carbocycles. The van der Waals surface area contributed by atoms with Gasteiger partial charge in [-0.3, -0.25) is 4.57 Å². The Morgan fingerprint density at radius 1 is 1.15 bits per heavy atom. The van der Waals surface area contributed by atoms with E-state index in [1.807, 2.05) is 6.07 Å². The predicted molar refractivity (Wildman–Crippen MR) is 131 cm³/mol. The van der Waals surface area contributed by atoms with Gasteiger partial charge in [-0.1, -0.05) is 6.07 Å². The number of hydrogen-bond donors (Lipinski definition) is 4. The quantitative estimate of drug-likeness (QED) is 0.336. The Labute approximate surface area is 200 Å². The van der Waals surface area contributed by atoms with Crippen molar-refractivity contribution in [1.29, 1.82) is 0 Å². The minimum Gasteiger partial charge on any atom is -0.330 e. The Balaban J connectivity index is 0.00000385. The third kappa shape index (κ3) is 8.98. The van der Waals surface area contributed by atoms with Crippen LogP contribution in [0.25, 0.3) is 0 Å². The van der Waals surface area contributed by atoms with Gasteiger partial charge in [0.15, 0.2) is 11.6 Å². The molecule has 0 aliphatic carbocycles. The zero-order valence-corrected chi connectivity index (χ0v) is 19.8. The number of nitrogens with two attached hydrogens (primary N) is 2. The average Bonchev–Trinajstić information content (AvgIpc) is 2.79. The van der Waals surface area contributed by atoms with E-state index in [9.17, 15) is 9.18 Å². The van der Waals surface area contributed by atoms with Crippen LogP contribution in [0.5, 0.6) is 0 Å². The van der Waals surface area contributed by atoms with Gasteiger partial charge in [-0.25, -0.2) is 14.2 Å². The molecule has 1 aliphatic rings. The average molecular weight is 483 g/mol. The molecule has 0 unspecified atom stereocenters. The van der Waals surface area contributed by atoms with Crippen molar-refractivity contribution in [3.63, 3.8) is 0 Å². The molecule has 0 amide bonds. The van der Waals surface area contributed by atoms with Crippen LogP contribution in [0, 0.1) is 5.82 Å². The lowest BCUT2D eigenvalue weighted by Crippen LogP contribution is -2.40. The topological polar surface area (TPSA) is 127 Å². The number of unbranched alkanes of at least 4 members (excludes halogenated alkanes) is 1. The molecular formula is C22H36ClFN8O. The first-order valence-corrected chi connectivity index (χ1v) is 11.4. The first kappa shape index (κ1) is 27.1. The number of rotatable bonds is 12. The van der Waals surface area contributed by atoms with Gasteiger partial charge in [-0.15, -0.1) is 12.4 Å². The number of aryl methyl sites for hydroxylation is 1. The van der Waals surface area contributed by atoms with Gasteiger partial charge in [0.2, 0.25) is 0 Å². The van der Waals surface area contributed by atoms with E-state index in [4.69, 9.17) is 11.5 Å². The van der Waals surface area contributed by atoms with Crippen LogP contribution in [0.15, 0.2) is 29.3 Å². The smallest absolute Gasteiger partial charge is 0.330 e. The van der Waals surface area contributed by atoms with Crippen molar-refractivity contribution in [2.75, 3.05) is 38.0 Å². The molecular weight excluding hydrogens is 447 g/mol. The second-order valence-corrected chi connectivity index (χ2v) is 8.30. The van der Waals surface area contributed by atoms with Gasteiger partial charge in [0.05, 0.1) is 0 Å². The third-order valence-electron chi connectivity index (χ3n) is 5.66. The lowest BCUT2D eigenvalue weighted by atomic mass is 10.1. The standard InChI is InChI=1S/C22H35FN8O.ClH/c23-19-16-31(11-2-1-10-30-12-6-18(25)7-13-30)22(32)29-21(19)28-20-5-4-17(15-27-20)14-26-9-3-8-24;/h4-5,15-16,18,26H,1-3,6-14,24-25H2,(H,27,28,29,32);1H. The largest absolute Gasteiger partial charge is 0.349 e. The SMILES string of the molecule is Cl.NCCCNCc1ccc(Nc2nc(=O)n(CCCCN3CCC(N)CC3)cc2F)nc1. The van der Waals surface area contributed by atoms with Gasteiger partial charge in [0.1, 0.15) is 5.82 Å². The molecule has 3 heterocycles. The van der Waals surface area contributed by atoms with Crippen LogP contribution in [0.2, 0.25) is 0 Å². The van der Waals surface area contributed by atoms with E-state index in [1.54, 1.807) is 12.3 Å². The van der Waals surface area contributed by atoms with Crippen molar-refractivity contribution in [2.24, 2.45) is 11.5 Å². The molecule has 1 saturated heterocycles. The first-order chi connectivity index (χ1) is 15.5. The van der Waals surface area contributed by atoms with Crippen molar-refractivity contribution >= 4 is 24.0 Å². The van der Waals surface area contributed by atoms with Crippen molar-refractivity contribution in [1.82, 2.24) is 24.8 Å². The molecule has 1 aliphatic heterocycles. The van der Waals surface area contributed by atoms with Gasteiger partial charge in [-0.2, -0.15) is 4.98 Å². The lowest BCUT2D eigenvalue weighted by molar-refractivity contribution is 0.208. The molecule has 0 spiro atoms. The molecule has 0 atom stereocenters. The van der Waals surface area contributed by atoms with Crippen LogP contribution >= 0.6 is 12.4 Å². The van der Waals surface area contributed by atoms with Crippen LogP contribution in [-0.4, -0.2) is 58.2 Å². The normalized spacial score (nSPS) is 14.8. The van der Waals surface area contributed by atoms with E-state index in [2.05, 4.69) is 25.5 Å². The molecule has 33 heavy (non-hydrogen) atoms. The monoisotopic (exact) mass is 482 g/mol. The van der Waals surface area contributed by atoms with Crippen molar-refractivity contribution in [3.05, 3.63) is 46.4 Å². The van der Waals surface area contributed by atoms with E-state index in [-0.39, 0.29) is 18.2 Å². The summed E-state index contributed by atoms with van der Waals surface area (Å²) in [6, 6.07) is 3.95. The summed E-state index contributed by atoms with van der Waals surface area (Å²) >= 11 is 0. The summed E-state index contributed by atoms with van der Waals surface area (Å²) in [5.74, 6) is -0.262. The molecule has 3 rings (SSSR count). The molecule has 0 bridgehead atoms. The number of anilines is 2. The molecule has 6 N–H and O–H groups in total. The van der Waals surface area contributed by atoms with Crippen LogP contribution in [0.4, 0.5) is 16.0 Å². The maximum atomic E-state index is 14.5. The zero-order chi connectivity index (χ0) is 22.8. The van der Waals surface area contributed by atoms with E-state index < -0.39 is 11.5 Å². The minimum atomic E-state index is -0.580. The number of halogens is 2. The van der Waals surface area contributed by atoms with Gasteiger partial charge >= 0.3 is 5.69 Å². The molecule has 2 aromatic heterocycles. The molecule has 0 aromatic carbocycles. The Hall–Kier alpha value is -2.11. The van der Waals surface area contributed by atoms with E-state index >= 15 is 0 Å². The Morgan fingerprint density at radius 3 is 2.61 bits per heavy atom. The Morgan fingerprint density at radius 2 is 1.91 bits per heavy atom. The van der Waals surface area contributed by atoms with Gasteiger partial charge in [0.25, 0.3) is 0 Å². The fourth-order valence-electron chi connectivity index (χ4n) is 3.69. The van der Waals surface area contributed by atoms with E-state index in [0.717, 1.165) is 63.8 Å². The highest BCUT2D eigenvalue weighted by Gasteiger charge is 2.15. The second kappa shape index (κ2) is 14.2. The number of aromatic nitrogens is 3. The number of pyridine rings is 1. The summed E-state index contributed by atoms with van der Waals surface area (Å²) in [4.78, 5) is 22.9. The lowest BCUT2D eigenvalue weighted by Gasteiger charge is -2.29. The maximum Gasteiger partial charge on any atom is 0.349 e. The van der Waals surface area contributed by atoms with E-state index in [1.165, 1.54) is 10.8 Å². The summed E-state index contributed by atoms with van der Waals surface area (Å²) < 4.78 is 15.8. The molecule has 2 aromatic rings. The summed E-state index contributed by atoms with van der Waals surface area (Å²) in [6.07, 6.45) is 7.63. The zero-order valence-electron chi connectivity index (χ0n) is 19.0. The highest BCUT2D eigenvalue weighted by Crippen LogP contribution is 2.15. The Kier molecular flexibility index (Phi) is 11.7. The summed E-state index contributed by atoms with van der Waals surface area (Å²) in [5, 5.41) is 6.06. The number of piperidine rings is 1. The summed E-state index contributed by atoms with van der Waals surface area (Å²) in [5.41, 5.74) is 11.9. The molecule has 9 nitrogen and oxygen atoms in total. The van der Waals surface area contributed by atoms with Crippen molar-refractivity contribution < 1.29 is 4.39 Å². The number of nitrogens with zero attached hydrogens (tertiary/aromatic N) is 4. The second-order valence-electron chi connectivity index (χ2n) is 8.30. The van der Waals surface area contributed by atoms with Crippen LogP contribution in [0.3, 0.4) is 0 Å². The maximum absolute atomic E-state index is 14.5. The van der Waals surface area contributed by atoms with Crippen LogP contribution < -0.4 is 27.8 Å². The molecule has 1 fully saturated rings. The van der Waals surface area contributed by atoms with Gasteiger partial charge < -0.3 is 27.0 Å². The van der Waals surface area contributed by atoms with Crippen LogP contribution in [0.1, 0.15) is 37.7 Å². The molecule has 184 valence electrons. The number of hydrogen-bond acceptors (Lipinski definition) is 8. The highest BCUT2D eigenvalue weighted by atomic mass is 35.5. The van der Waals surface area contributed by atoms with Crippen molar-refractivity contribution in [2.45, 2.75) is 51.2 Å². The first-order valence-electron chi connectivity index (χ1n) is 11.4. The summed E-state index contributed by atoms with van der Waals surface area (Å²) in [6.45, 7) is 5.65. The molecule has 11 heteroatoms. The Bertz CT molecular complexity index is 887. The minimum absolute atomic E-state index is 0. The van der Waals surface area contributed by atoms with Crippen molar-refractivity contribution in [3.8, 4) is 0 Å². The summed E-state index contributed by atoms with van der Waals surface area (Å²) in [7, 11) is 0. The third-order valence-corrected chi connectivity index (χ3v) is 5.66.